The van der Waals surface area contributed by atoms with Crippen LogP contribution < -0.4 is 5.32 Å². The van der Waals surface area contributed by atoms with Gasteiger partial charge in [0.05, 0.1) is 6.04 Å². The van der Waals surface area contributed by atoms with Gasteiger partial charge in [0.2, 0.25) is 0 Å². The van der Waals surface area contributed by atoms with Crippen LogP contribution in [0.3, 0.4) is 0 Å². The molecule has 2 N–H and O–H groups in total. The van der Waals surface area contributed by atoms with Gasteiger partial charge in [0.15, 0.2) is 0 Å². The molecule has 1 unspecified atom stereocenters. The van der Waals surface area contributed by atoms with Gasteiger partial charge in [-0.3, -0.25) is 0 Å². The zero-order valence-electron chi connectivity index (χ0n) is 10.6. The summed E-state index contributed by atoms with van der Waals surface area (Å²) in [4.78, 5) is 0. The third-order valence-corrected chi connectivity index (χ3v) is 3.99. The van der Waals surface area contributed by atoms with E-state index in [9.17, 15) is 5.11 Å². The van der Waals surface area contributed by atoms with E-state index in [1.54, 1.807) is 11.3 Å². The fourth-order valence-electron chi connectivity index (χ4n) is 2.30. The maximum atomic E-state index is 10.4. The van der Waals surface area contributed by atoms with Crippen molar-refractivity contribution in [3.8, 4) is 5.75 Å². The minimum Gasteiger partial charge on any atom is -0.507 e. The number of hydrogen-bond acceptors (Lipinski definition) is 3. The van der Waals surface area contributed by atoms with Crippen molar-refractivity contribution in [3.63, 3.8) is 0 Å². The smallest absolute Gasteiger partial charge is 0.128 e. The Labute approximate surface area is 116 Å². The van der Waals surface area contributed by atoms with E-state index in [4.69, 9.17) is 0 Å². The van der Waals surface area contributed by atoms with E-state index in [1.807, 2.05) is 41.8 Å². The van der Waals surface area contributed by atoms with Crippen LogP contribution in [-0.2, 0) is 0 Å². The van der Waals surface area contributed by atoms with Crippen LogP contribution in [0.25, 0.3) is 10.8 Å². The van der Waals surface area contributed by atoms with Crippen LogP contribution >= 0.6 is 11.3 Å². The number of fused-ring (bicyclic) bond motifs is 1. The molecule has 0 fully saturated rings. The summed E-state index contributed by atoms with van der Waals surface area (Å²) < 4.78 is 0. The van der Waals surface area contributed by atoms with Gasteiger partial charge in [-0.05, 0) is 23.8 Å². The number of thiophene rings is 1. The maximum Gasteiger partial charge on any atom is 0.128 e. The molecule has 0 radical (unpaired) electrons. The van der Waals surface area contributed by atoms with Crippen LogP contribution in [0.2, 0.25) is 0 Å². The summed E-state index contributed by atoms with van der Waals surface area (Å²) in [7, 11) is 0. The average Bonchev–Trinajstić information content (AvgIpc) is 2.92. The Morgan fingerprint density at radius 3 is 2.74 bits per heavy atom. The summed E-state index contributed by atoms with van der Waals surface area (Å²) in [5.41, 5.74) is 2.01. The molecule has 1 atom stereocenters. The second-order valence-electron chi connectivity index (χ2n) is 4.60. The van der Waals surface area contributed by atoms with Crippen molar-refractivity contribution in [2.24, 2.45) is 0 Å². The Morgan fingerprint density at radius 2 is 1.95 bits per heavy atom. The predicted molar refractivity (Wildman–Crippen MR) is 82.0 cm³/mol. The molecular weight excluding hydrogens is 254 g/mol. The summed E-state index contributed by atoms with van der Waals surface area (Å²) in [6, 6.07) is 14.0. The minimum atomic E-state index is 0.0687. The molecule has 2 nitrogen and oxygen atoms in total. The maximum absolute atomic E-state index is 10.4. The first-order valence-electron chi connectivity index (χ1n) is 6.25. The zero-order chi connectivity index (χ0) is 13.2. The number of rotatable bonds is 3. The van der Waals surface area contributed by atoms with Crippen molar-refractivity contribution in [3.05, 3.63) is 58.8 Å². The second-order valence-corrected chi connectivity index (χ2v) is 5.38. The highest BCUT2D eigenvalue weighted by atomic mass is 32.1. The quantitative estimate of drug-likeness (QED) is 0.717. The molecule has 3 rings (SSSR count). The number of nitrogens with one attached hydrogen (secondary N) is 1. The average molecular weight is 269 g/mol. The zero-order valence-corrected chi connectivity index (χ0v) is 11.4. The Morgan fingerprint density at radius 1 is 1.11 bits per heavy atom. The fraction of sp³-hybridized carbons (Fsp3) is 0.125. The van der Waals surface area contributed by atoms with Gasteiger partial charge in [-0.25, -0.2) is 0 Å². The third-order valence-electron chi connectivity index (χ3n) is 3.30. The standard InChI is InChI=1S/C16H15NOS/c1-11(17-13-8-9-19-10-13)14-7-6-12-4-2-3-5-15(12)16(14)18/h2-11,17-18H,1H3. The van der Waals surface area contributed by atoms with Gasteiger partial charge in [-0.2, -0.15) is 11.3 Å². The third kappa shape index (κ3) is 2.29. The molecule has 96 valence electrons. The Hall–Kier alpha value is -2.00. The van der Waals surface area contributed by atoms with E-state index in [2.05, 4.69) is 23.7 Å². The van der Waals surface area contributed by atoms with E-state index in [1.165, 1.54) is 0 Å². The van der Waals surface area contributed by atoms with E-state index < -0.39 is 0 Å². The molecule has 0 aliphatic rings. The molecule has 3 heteroatoms. The molecular formula is C16H15NOS. The van der Waals surface area contributed by atoms with Gasteiger partial charge in [-0.15, -0.1) is 0 Å². The van der Waals surface area contributed by atoms with Crippen molar-refractivity contribution in [2.75, 3.05) is 5.32 Å². The lowest BCUT2D eigenvalue weighted by Crippen LogP contribution is -2.06. The number of hydrogen-bond donors (Lipinski definition) is 2. The molecule has 0 spiro atoms. The van der Waals surface area contributed by atoms with Gasteiger partial charge >= 0.3 is 0 Å². The number of phenolic OH excluding ortho intramolecular Hbond substituents is 1. The first-order chi connectivity index (χ1) is 9.25. The Balaban J connectivity index is 1.98. The van der Waals surface area contributed by atoms with Crippen LogP contribution in [0.15, 0.2) is 53.2 Å². The highest BCUT2D eigenvalue weighted by Crippen LogP contribution is 2.33. The fourth-order valence-corrected chi connectivity index (χ4v) is 2.89. The number of aromatic hydroxyl groups is 1. The van der Waals surface area contributed by atoms with Crippen LogP contribution in [-0.4, -0.2) is 5.11 Å². The van der Waals surface area contributed by atoms with E-state index in [0.29, 0.717) is 5.75 Å². The van der Waals surface area contributed by atoms with Crippen LogP contribution in [0.1, 0.15) is 18.5 Å². The lowest BCUT2D eigenvalue weighted by molar-refractivity contribution is 0.472. The SMILES string of the molecule is CC(Nc1ccsc1)c1ccc2ccccc2c1O. The van der Waals surface area contributed by atoms with Gasteiger partial charge < -0.3 is 10.4 Å². The van der Waals surface area contributed by atoms with Crippen LogP contribution in [0.5, 0.6) is 5.75 Å². The monoisotopic (exact) mass is 269 g/mol. The molecule has 0 aliphatic heterocycles. The lowest BCUT2D eigenvalue weighted by atomic mass is 10.0. The second kappa shape index (κ2) is 4.94. The van der Waals surface area contributed by atoms with Crippen molar-refractivity contribution < 1.29 is 5.11 Å². The van der Waals surface area contributed by atoms with E-state index in [0.717, 1.165) is 22.0 Å². The highest BCUT2D eigenvalue weighted by molar-refractivity contribution is 7.08. The van der Waals surface area contributed by atoms with Crippen LogP contribution in [0, 0.1) is 0 Å². The largest absolute Gasteiger partial charge is 0.507 e. The molecule has 0 aliphatic carbocycles. The summed E-state index contributed by atoms with van der Waals surface area (Å²) in [5, 5.41) is 19.9. The Bertz CT molecular complexity index is 691. The van der Waals surface area contributed by atoms with Gasteiger partial charge in [0, 0.05) is 22.0 Å². The molecule has 0 saturated heterocycles. The molecule has 0 bridgehead atoms. The Kier molecular flexibility index (Phi) is 3.13. The van der Waals surface area contributed by atoms with Crippen molar-refractivity contribution >= 4 is 27.8 Å². The van der Waals surface area contributed by atoms with E-state index in [-0.39, 0.29) is 6.04 Å². The first-order valence-corrected chi connectivity index (χ1v) is 7.19. The summed E-state index contributed by atoms with van der Waals surface area (Å²) >= 11 is 1.66. The topological polar surface area (TPSA) is 32.3 Å². The molecule has 0 amide bonds. The van der Waals surface area contributed by atoms with Crippen LogP contribution in [0.4, 0.5) is 5.69 Å². The molecule has 0 saturated carbocycles. The predicted octanol–water partition coefficient (Wildman–Crippen LogP) is 4.78. The van der Waals surface area contributed by atoms with Gasteiger partial charge in [0.25, 0.3) is 0 Å². The van der Waals surface area contributed by atoms with E-state index >= 15 is 0 Å². The molecule has 19 heavy (non-hydrogen) atoms. The lowest BCUT2D eigenvalue weighted by Gasteiger charge is -2.17. The normalized spacial score (nSPS) is 12.5. The number of phenols is 1. The molecule has 3 aromatic rings. The van der Waals surface area contributed by atoms with Gasteiger partial charge in [-0.1, -0.05) is 36.4 Å². The van der Waals surface area contributed by atoms with Crippen molar-refractivity contribution in [1.82, 2.24) is 0 Å². The summed E-state index contributed by atoms with van der Waals surface area (Å²) in [6.45, 7) is 2.06. The molecule has 1 aromatic heterocycles. The van der Waals surface area contributed by atoms with Gasteiger partial charge in [0.1, 0.15) is 5.75 Å². The number of anilines is 1. The molecule has 1 heterocycles. The first kappa shape index (κ1) is 12.1. The van der Waals surface area contributed by atoms with Crippen molar-refractivity contribution in [1.29, 1.82) is 0 Å². The van der Waals surface area contributed by atoms with Crippen molar-refractivity contribution in [2.45, 2.75) is 13.0 Å². The molecule has 2 aromatic carbocycles. The highest BCUT2D eigenvalue weighted by Gasteiger charge is 2.12. The number of benzene rings is 2. The summed E-state index contributed by atoms with van der Waals surface area (Å²) in [6.07, 6.45) is 0. The minimum absolute atomic E-state index is 0.0687. The summed E-state index contributed by atoms with van der Waals surface area (Å²) in [5.74, 6) is 0.369.